The first-order valence-electron chi connectivity index (χ1n) is 7.34. The standard InChI is InChI=1S/C16H26BNOS/c1-15(2,16(3,4)20)19-17-14-7-6-12-8-9-18(5)11-13(12)10-14/h6-7,10,17,20H,8-9,11H2,1-5H3. The van der Waals surface area contributed by atoms with E-state index in [0.29, 0.717) is 7.48 Å². The van der Waals surface area contributed by atoms with Gasteiger partial charge in [-0.1, -0.05) is 23.7 Å². The summed E-state index contributed by atoms with van der Waals surface area (Å²) < 4.78 is 5.94. The van der Waals surface area contributed by atoms with Crippen LogP contribution in [0.5, 0.6) is 0 Å². The quantitative estimate of drug-likeness (QED) is 0.674. The number of benzene rings is 1. The third-order valence-corrected chi connectivity index (χ3v) is 5.09. The second-order valence-corrected chi connectivity index (χ2v) is 8.07. The molecule has 0 saturated carbocycles. The van der Waals surface area contributed by atoms with Crippen LogP contribution in [0.25, 0.3) is 0 Å². The topological polar surface area (TPSA) is 12.5 Å². The molecule has 1 aliphatic heterocycles. The number of likely N-dealkylation sites (N-methyl/N-ethyl adjacent to an activating group) is 1. The minimum Gasteiger partial charge on any atom is -0.428 e. The largest absolute Gasteiger partial charge is 0.428 e. The Morgan fingerprint density at radius 1 is 1.20 bits per heavy atom. The van der Waals surface area contributed by atoms with Crippen LogP contribution >= 0.6 is 12.6 Å². The van der Waals surface area contributed by atoms with E-state index in [0.717, 1.165) is 19.5 Å². The molecule has 0 atom stereocenters. The molecule has 110 valence electrons. The van der Waals surface area contributed by atoms with Crippen molar-refractivity contribution in [2.75, 3.05) is 13.6 Å². The maximum atomic E-state index is 6.11. The van der Waals surface area contributed by atoms with Crippen molar-refractivity contribution in [2.45, 2.75) is 51.0 Å². The van der Waals surface area contributed by atoms with Gasteiger partial charge in [-0.15, -0.1) is 0 Å². The smallest absolute Gasteiger partial charge is 0.309 e. The zero-order valence-electron chi connectivity index (χ0n) is 13.4. The fraction of sp³-hybridized carbons (Fsp3) is 0.625. The molecule has 0 amide bonds. The molecule has 0 spiro atoms. The number of nitrogens with zero attached hydrogens (tertiary/aromatic N) is 1. The average molecular weight is 291 g/mol. The molecular formula is C16H26BNOS. The van der Waals surface area contributed by atoms with E-state index >= 15 is 0 Å². The second kappa shape index (κ2) is 5.74. The van der Waals surface area contributed by atoms with Crippen molar-refractivity contribution in [1.29, 1.82) is 0 Å². The summed E-state index contributed by atoms with van der Waals surface area (Å²) in [6, 6.07) is 6.76. The van der Waals surface area contributed by atoms with Gasteiger partial charge in [0.25, 0.3) is 0 Å². The van der Waals surface area contributed by atoms with Gasteiger partial charge in [0.15, 0.2) is 0 Å². The molecule has 1 heterocycles. The Morgan fingerprint density at radius 3 is 2.55 bits per heavy atom. The lowest BCUT2D eigenvalue weighted by Gasteiger charge is -2.38. The van der Waals surface area contributed by atoms with E-state index < -0.39 is 0 Å². The van der Waals surface area contributed by atoms with E-state index in [1.54, 1.807) is 0 Å². The fourth-order valence-electron chi connectivity index (χ4n) is 2.28. The molecular weight excluding hydrogens is 265 g/mol. The molecule has 1 aromatic carbocycles. The average Bonchev–Trinajstić information content (AvgIpc) is 2.34. The second-order valence-electron chi connectivity index (χ2n) is 6.95. The van der Waals surface area contributed by atoms with Crippen LogP contribution in [0.15, 0.2) is 18.2 Å². The van der Waals surface area contributed by atoms with Gasteiger partial charge in [0.1, 0.15) is 0 Å². The van der Waals surface area contributed by atoms with Crippen LogP contribution in [-0.2, 0) is 17.6 Å². The zero-order valence-corrected chi connectivity index (χ0v) is 14.3. The van der Waals surface area contributed by atoms with Gasteiger partial charge >= 0.3 is 7.48 Å². The van der Waals surface area contributed by atoms with Crippen LogP contribution in [0.3, 0.4) is 0 Å². The van der Waals surface area contributed by atoms with E-state index in [9.17, 15) is 0 Å². The molecule has 2 rings (SSSR count). The Labute approximate surface area is 129 Å². The van der Waals surface area contributed by atoms with E-state index in [4.69, 9.17) is 4.65 Å². The monoisotopic (exact) mass is 291 g/mol. The van der Waals surface area contributed by atoms with Gasteiger partial charge in [-0.2, -0.15) is 12.6 Å². The number of thiol groups is 1. The molecule has 0 fully saturated rings. The predicted octanol–water partition coefficient (Wildman–Crippen LogP) is 2.15. The third kappa shape index (κ3) is 3.60. The van der Waals surface area contributed by atoms with Crippen LogP contribution in [-0.4, -0.2) is 36.3 Å². The van der Waals surface area contributed by atoms with Gasteiger partial charge in [0.2, 0.25) is 0 Å². The summed E-state index contributed by atoms with van der Waals surface area (Å²) in [7, 11) is 2.83. The molecule has 2 nitrogen and oxygen atoms in total. The lowest BCUT2D eigenvalue weighted by Crippen LogP contribution is -2.45. The van der Waals surface area contributed by atoms with Crippen LogP contribution in [0.1, 0.15) is 38.8 Å². The molecule has 0 N–H and O–H groups in total. The number of hydrogen-bond donors (Lipinski definition) is 1. The molecule has 0 saturated heterocycles. The predicted molar refractivity (Wildman–Crippen MR) is 91.5 cm³/mol. The van der Waals surface area contributed by atoms with Crippen molar-refractivity contribution in [2.24, 2.45) is 0 Å². The van der Waals surface area contributed by atoms with E-state index in [2.05, 4.69) is 70.5 Å². The lowest BCUT2D eigenvalue weighted by molar-refractivity contribution is 0.0854. The van der Waals surface area contributed by atoms with E-state index in [-0.39, 0.29) is 10.3 Å². The minimum atomic E-state index is -0.261. The summed E-state index contributed by atoms with van der Waals surface area (Å²) in [5.41, 5.74) is 3.93. The van der Waals surface area contributed by atoms with Gasteiger partial charge in [0, 0.05) is 17.8 Å². The van der Waals surface area contributed by atoms with Gasteiger partial charge in [-0.05, 0) is 52.3 Å². The Balaban J connectivity index is 2.06. The minimum absolute atomic E-state index is 0.165. The highest BCUT2D eigenvalue weighted by Gasteiger charge is 2.34. The van der Waals surface area contributed by atoms with Gasteiger partial charge in [-0.25, -0.2) is 0 Å². The summed E-state index contributed by atoms with van der Waals surface area (Å²) >= 11 is 4.64. The SMILES string of the molecule is CN1CCc2ccc(BOC(C)(C)C(C)(C)S)cc2C1. The van der Waals surface area contributed by atoms with Crippen LogP contribution in [0.4, 0.5) is 0 Å². The summed E-state index contributed by atoms with van der Waals surface area (Å²) in [6.45, 7) is 10.6. The maximum absolute atomic E-state index is 6.11. The Bertz CT molecular complexity index is 482. The lowest BCUT2D eigenvalue weighted by atomic mass is 9.82. The Hall–Kier alpha value is -0.445. The highest BCUT2D eigenvalue weighted by atomic mass is 32.1. The summed E-state index contributed by atoms with van der Waals surface area (Å²) in [6.07, 6.45) is 1.15. The molecule has 20 heavy (non-hydrogen) atoms. The van der Waals surface area contributed by atoms with Crippen molar-refractivity contribution >= 4 is 25.6 Å². The molecule has 0 aromatic heterocycles. The third-order valence-electron chi connectivity index (χ3n) is 4.55. The van der Waals surface area contributed by atoms with Gasteiger partial charge in [0.05, 0.1) is 5.60 Å². The molecule has 0 unspecified atom stereocenters. The van der Waals surface area contributed by atoms with Crippen molar-refractivity contribution in [3.63, 3.8) is 0 Å². The van der Waals surface area contributed by atoms with Crippen molar-refractivity contribution in [3.8, 4) is 0 Å². The van der Waals surface area contributed by atoms with Crippen LogP contribution in [0, 0.1) is 0 Å². The van der Waals surface area contributed by atoms with Gasteiger partial charge in [-0.3, -0.25) is 0 Å². The molecule has 4 heteroatoms. The molecule has 1 aromatic rings. The molecule has 0 bridgehead atoms. The summed E-state index contributed by atoms with van der Waals surface area (Å²) in [5, 5.41) is 0. The number of hydrogen-bond acceptors (Lipinski definition) is 3. The van der Waals surface area contributed by atoms with Gasteiger partial charge < -0.3 is 9.55 Å². The Kier molecular flexibility index (Phi) is 4.58. The normalized spacial score (nSPS) is 16.9. The first-order valence-corrected chi connectivity index (χ1v) is 7.79. The molecule has 1 aliphatic rings. The number of rotatable bonds is 4. The highest BCUT2D eigenvalue weighted by molar-refractivity contribution is 7.81. The first kappa shape index (κ1) is 15.9. The van der Waals surface area contributed by atoms with Crippen LogP contribution < -0.4 is 5.46 Å². The molecule has 0 aliphatic carbocycles. The summed E-state index contributed by atoms with van der Waals surface area (Å²) in [5.74, 6) is 0. The zero-order chi connectivity index (χ0) is 15.0. The Morgan fingerprint density at radius 2 is 1.90 bits per heavy atom. The maximum Gasteiger partial charge on any atom is 0.309 e. The van der Waals surface area contributed by atoms with E-state index in [1.807, 2.05) is 0 Å². The summed E-state index contributed by atoms with van der Waals surface area (Å²) in [4.78, 5) is 2.37. The number of fused-ring (bicyclic) bond motifs is 1. The fourth-order valence-corrected chi connectivity index (χ4v) is 2.35. The van der Waals surface area contributed by atoms with Crippen LogP contribution in [0.2, 0.25) is 0 Å². The first-order chi connectivity index (χ1) is 9.19. The van der Waals surface area contributed by atoms with Crippen molar-refractivity contribution in [3.05, 3.63) is 29.3 Å². The highest BCUT2D eigenvalue weighted by Crippen LogP contribution is 2.30. The van der Waals surface area contributed by atoms with Crippen molar-refractivity contribution < 1.29 is 4.65 Å². The van der Waals surface area contributed by atoms with Crippen molar-refractivity contribution in [1.82, 2.24) is 4.90 Å². The molecule has 0 radical (unpaired) electrons. The van der Waals surface area contributed by atoms with E-state index in [1.165, 1.54) is 16.6 Å².